The van der Waals surface area contributed by atoms with Gasteiger partial charge in [0.05, 0.1) is 5.56 Å². The second-order valence-corrected chi connectivity index (χ2v) is 3.20. The molecule has 1 rings (SSSR count). The summed E-state index contributed by atoms with van der Waals surface area (Å²) in [7, 11) is 0. The molecule has 0 unspecified atom stereocenters. The number of hydrogen-bond acceptors (Lipinski definition) is 4. The quantitative estimate of drug-likeness (QED) is 0.846. The summed E-state index contributed by atoms with van der Waals surface area (Å²) in [6, 6.07) is 1.53. The van der Waals surface area contributed by atoms with Crippen LogP contribution in [0.2, 0.25) is 0 Å². The summed E-state index contributed by atoms with van der Waals surface area (Å²) in [6.45, 7) is -0.876. The molecule has 0 aliphatic heterocycles. The number of nitriles is 1. The molecule has 0 fully saturated rings. The Balaban J connectivity index is 3.49. The number of nitrogens with zero attached hydrogens (tertiary/aromatic N) is 2. The molecule has 0 radical (unpaired) electrons. The standard InChI is InChI=1S/C9H5F6N3O/c10-8(11,12)6-1-4(2-16)18-7(5(6)3-17)19-9(13,14)15/h1H,3,17H2. The largest absolute Gasteiger partial charge is 0.574 e. The summed E-state index contributed by atoms with van der Waals surface area (Å²) in [6.07, 6.45) is -10.2. The fraction of sp³-hybridized carbons (Fsp3) is 0.333. The van der Waals surface area contributed by atoms with Crippen molar-refractivity contribution in [3.05, 3.63) is 22.9 Å². The highest BCUT2D eigenvalue weighted by atomic mass is 19.4. The Kier molecular flexibility index (Phi) is 3.90. The Bertz CT molecular complexity index is 516. The minimum Gasteiger partial charge on any atom is -0.387 e. The normalized spacial score (nSPS) is 12.1. The number of alkyl halides is 6. The monoisotopic (exact) mass is 285 g/mol. The summed E-state index contributed by atoms with van der Waals surface area (Å²) < 4.78 is 77.4. The molecule has 0 bridgehead atoms. The van der Waals surface area contributed by atoms with Gasteiger partial charge in [-0.15, -0.1) is 13.2 Å². The third kappa shape index (κ3) is 3.72. The third-order valence-electron chi connectivity index (χ3n) is 1.92. The molecule has 0 amide bonds. The molecule has 1 aromatic heterocycles. The van der Waals surface area contributed by atoms with Gasteiger partial charge < -0.3 is 10.5 Å². The van der Waals surface area contributed by atoms with Crippen molar-refractivity contribution in [1.29, 1.82) is 5.26 Å². The first-order valence-electron chi connectivity index (χ1n) is 4.55. The Morgan fingerprint density at radius 2 is 1.84 bits per heavy atom. The highest BCUT2D eigenvalue weighted by Gasteiger charge is 2.39. The number of hydrogen-bond donors (Lipinski definition) is 1. The van der Waals surface area contributed by atoms with E-state index < -0.39 is 41.8 Å². The van der Waals surface area contributed by atoms with Gasteiger partial charge in [-0.05, 0) is 6.07 Å². The molecule has 0 aliphatic carbocycles. The van der Waals surface area contributed by atoms with Crippen LogP contribution in [0.15, 0.2) is 6.07 Å². The van der Waals surface area contributed by atoms with E-state index in [-0.39, 0.29) is 0 Å². The fourth-order valence-electron chi connectivity index (χ4n) is 1.25. The lowest BCUT2D eigenvalue weighted by atomic mass is 10.1. The zero-order chi connectivity index (χ0) is 14.8. The maximum atomic E-state index is 12.6. The van der Waals surface area contributed by atoms with Crippen LogP contribution in [-0.2, 0) is 12.7 Å². The number of ether oxygens (including phenoxy) is 1. The number of nitrogens with two attached hydrogens (primary N) is 1. The van der Waals surface area contributed by atoms with Gasteiger partial charge in [0.25, 0.3) is 0 Å². The SMILES string of the molecule is N#Cc1cc(C(F)(F)F)c(CN)c(OC(F)(F)F)n1. The van der Waals surface area contributed by atoms with Crippen molar-refractivity contribution in [2.45, 2.75) is 19.1 Å². The minimum atomic E-state index is -5.24. The number of rotatable bonds is 2. The first-order chi connectivity index (χ1) is 8.58. The Hall–Kier alpha value is -2.02. The first kappa shape index (κ1) is 15.0. The molecule has 0 spiro atoms. The maximum absolute atomic E-state index is 12.6. The predicted octanol–water partition coefficient (Wildman–Crippen LogP) is 2.33. The molecule has 2 N–H and O–H groups in total. The highest BCUT2D eigenvalue weighted by Crippen LogP contribution is 2.37. The van der Waals surface area contributed by atoms with Crippen LogP contribution < -0.4 is 10.5 Å². The number of aromatic nitrogens is 1. The topological polar surface area (TPSA) is 71.9 Å². The van der Waals surface area contributed by atoms with Crippen LogP contribution in [0.3, 0.4) is 0 Å². The van der Waals surface area contributed by atoms with Crippen molar-refractivity contribution in [2.24, 2.45) is 5.73 Å². The molecule has 0 saturated heterocycles. The number of pyridine rings is 1. The van der Waals surface area contributed by atoms with E-state index in [1.54, 1.807) is 0 Å². The van der Waals surface area contributed by atoms with Gasteiger partial charge in [-0.2, -0.15) is 18.4 Å². The van der Waals surface area contributed by atoms with E-state index in [0.29, 0.717) is 6.07 Å². The molecule has 10 heteroatoms. The average Bonchev–Trinajstić information content (AvgIpc) is 2.24. The van der Waals surface area contributed by atoms with Crippen LogP contribution >= 0.6 is 0 Å². The van der Waals surface area contributed by atoms with Crippen molar-refractivity contribution in [3.63, 3.8) is 0 Å². The highest BCUT2D eigenvalue weighted by molar-refractivity contribution is 5.42. The Labute approximate surface area is 102 Å². The molecule has 19 heavy (non-hydrogen) atoms. The smallest absolute Gasteiger partial charge is 0.387 e. The molecule has 1 heterocycles. The lowest BCUT2D eigenvalue weighted by Crippen LogP contribution is -2.22. The van der Waals surface area contributed by atoms with Gasteiger partial charge in [0, 0.05) is 12.1 Å². The van der Waals surface area contributed by atoms with Gasteiger partial charge in [-0.1, -0.05) is 0 Å². The predicted molar refractivity (Wildman–Crippen MR) is 48.5 cm³/mol. The first-order valence-corrected chi connectivity index (χ1v) is 4.55. The van der Waals surface area contributed by atoms with E-state index in [1.807, 2.05) is 0 Å². The zero-order valence-electron chi connectivity index (χ0n) is 8.93. The molecule has 4 nitrogen and oxygen atoms in total. The van der Waals surface area contributed by atoms with Gasteiger partial charge in [0.2, 0.25) is 5.88 Å². The third-order valence-corrected chi connectivity index (χ3v) is 1.92. The molecule has 104 valence electrons. The minimum absolute atomic E-state index is 0.311. The van der Waals surface area contributed by atoms with Gasteiger partial charge in [-0.3, -0.25) is 0 Å². The molecular formula is C9H5F6N3O. The van der Waals surface area contributed by atoms with E-state index in [2.05, 4.69) is 9.72 Å². The second-order valence-electron chi connectivity index (χ2n) is 3.20. The van der Waals surface area contributed by atoms with Crippen LogP contribution in [0.4, 0.5) is 26.3 Å². The van der Waals surface area contributed by atoms with Crippen LogP contribution in [-0.4, -0.2) is 11.3 Å². The van der Waals surface area contributed by atoms with Crippen LogP contribution in [0.1, 0.15) is 16.8 Å². The summed E-state index contributed by atoms with van der Waals surface area (Å²) in [5.74, 6) is -1.37. The summed E-state index contributed by atoms with van der Waals surface area (Å²) in [5.41, 5.74) is 1.68. The maximum Gasteiger partial charge on any atom is 0.574 e. The molecule has 0 saturated carbocycles. The Morgan fingerprint density at radius 1 is 1.26 bits per heavy atom. The van der Waals surface area contributed by atoms with Crippen molar-refractivity contribution >= 4 is 0 Å². The molecule has 0 atom stereocenters. The lowest BCUT2D eigenvalue weighted by molar-refractivity contribution is -0.276. The van der Waals surface area contributed by atoms with Crippen molar-refractivity contribution < 1.29 is 31.1 Å². The van der Waals surface area contributed by atoms with Crippen molar-refractivity contribution in [2.75, 3.05) is 0 Å². The lowest BCUT2D eigenvalue weighted by Gasteiger charge is -2.16. The second kappa shape index (κ2) is 4.93. The van der Waals surface area contributed by atoms with Gasteiger partial charge in [0.15, 0.2) is 0 Å². The van der Waals surface area contributed by atoms with Gasteiger partial charge >= 0.3 is 12.5 Å². The molecule has 0 aliphatic rings. The van der Waals surface area contributed by atoms with Crippen LogP contribution in [0.5, 0.6) is 5.88 Å². The summed E-state index contributed by atoms with van der Waals surface area (Å²) in [4.78, 5) is 3.04. The van der Waals surface area contributed by atoms with Crippen molar-refractivity contribution in [3.8, 4) is 11.9 Å². The zero-order valence-corrected chi connectivity index (χ0v) is 8.93. The average molecular weight is 285 g/mol. The van der Waals surface area contributed by atoms with Crippen molar-refractivity contribution in [1.82, 2.24) is 4.98 Å². The van der Waals surface area contributed by atoms with E-state index >= 15 is 0 Å². The Morgan fingerprint density at radius 3 is 2.21 bits per heavy atom. The van der Waals surface area contributed by atoms with Crippen LogP contribution in [0, 0.1) is 11.3 Å². The van der Waals surface area contributed by atoms with Gasteiger partial charge in [-0.25, -0.2) is 4.98 Å². The molecular weight excluding hydrogens is 280 g/mol. The van der Waals surface area contributed by atoms with Gasteiger partial charge in [0.1, 0.15) is 11.8 Å². The van der Waals surface area contributed by atoms with E-state index in [9.17, 15) is 26.3 Å². The van der Waals surface area contributed by atoms with E-state index in [0.717, 1.165) is 0 Å². The summed E-state index contributed by atoms with van der Waals surface area (Å²) in [5, 5.41) is 8.47. The summed E-state index contributed by atoms with van der Waals surface area (Å²) >= 11 is 0. The fourth-order valence-corrected chi connectivity index (χ4v) is 1.25. The van der Waals surface area contributed by atoms with E-state index in [4.69, 9.17) is 11.0 Å². The number of halogens is 6. The molecule has 1 aromatic rings. The van der Waals surface area contributed by atoms with E-state index in [1.165, 1.54) is 6.07 Å². The molecule has 0 aromatic carbocycles. The van der Waals surface area contributed by atoms with Crippen LogP contribution in [0.25, 0.3) is 0 Å².